The number of hydrogen-bond donors (Lipinski definition) is 0. The summed E-state index contributed by atoms with van der Waals surface area (Å²) in [5, 5.41) is 0. The van der Waals surface area contributed by atoms with Gasteiger partial charge in [-0.25, -0.2) is 0 Å². The van der Waals surface area contributed by atoms with Gasteiger partial charge in [0.25, 0.3) is 0 Å². The lowest BCUT2D eigenvalue weighted by molar-refractivity contribution is -0.126. The van der Waals surface area contributed by atoms with Gasteiger partial charge in [-0.1, -0.05) is 27.7 Å². The Labute approximate surface area is 106 Å². The van der Waals surface area contributed by atoms with Crippen LogP contribution in [0.15, 0.2) is 0 Å². The molecule has 3 nitrogen and oxygen atoms in total. The van der Waals surface area contributed by atoms with Gasteiger partial charge in [-0.15, -0.1) is 0 Å². The lowest BCUT2D eigenvalue weighted by Crippen LogP contribution is -2.50. The maximum Gasteiger partial charge on any atom is 0.136 e. The highest BCUT2D eigenvalue weighted by molar-refractivity contribution is 5.81. The molecule has 1 aliphatic rings. The minimum atomic E-state index is -0.194. The first-order valence-corrected chi connectivity index (χ1v) is 6.77. The molecule has 0 N–H and O–H groups in total. The highest BCUT2D eigenvalue weighted by atomic mass is 16.1. The second-order valence-corrected chi connectivity index (χ2v) is 6.41. The number of hydrogen-bond acceptors (Lipinski definition) is 3. The first kappa shape index (κ1) is 14.7. The molecule has 0 saturated carbocycles. The molecule has 1 rings (SSSR count). The summed E-state index contributed by atoms with van der Waals surface area (Å²) < 4.78 is 0. The largest absolute Gasteiger partial charge is 0.301 e. The molecule has 1 aliphatic heterocycles. The Bertz CT molecular complexity index is 253. The van der Waals surface area contributed by atoms with Crippen molar-refractivity contribution >= 4 is 5.78 Å². The lowest BCUT2D eigenvalue weighted by atomic mass is 9.88. The first-order valence-electron chi connectivity index (χ1n) is 6.77. The Kier molecular flexibility index (Phi) is 5.14. The van der Waals surface area contributed by atoms with Crippen molar-refractivity contribution in [1.29, 1.82) is 0 Å². The Morgan fingerprint density at radius 2 is 1.59 bits per heavy atom. The van der Waals surface area contributed by atoms with Crippen LogP contribution < -0.4 is 0 Å². The van der Waals surface area contributed by atoms with Crippen LogP contribution in [0.5, 0.6) is 0 Å². The number of piperazine rings is 1. The quantitative estimate of drug-likeness (QED) is 0.733. The van der Waals surface area contributed by atoms with Gasteiger partial charge in [0, 0.05) is 44.7 Å². The maximum atomic E-state index is 11.5. The summed E-state index contributed by atoms with van der Waals surface area (Å²) in [4.78, 5) is 16.5. The molecule has 0 spiro atoms. The number of carbonyl (C=O) groups is 1. The highest BCUT2D eigenvalue weighted by Crippen LogP contribution is 2.19. The summed E-state index contributed by atoms with van der Waals surface area (Å²) in [7, 11) is 0. The van der Waals surface area contributed by atoms with E-state index in [-0.39, 0.29) is 5.41 Å². The van der Waals surface area contributed by atoms with Crippen molar-refractivity contribution in [3.8, 4) is 0 Å². The van der Waals surface area contributed by atoms with Crippen LogP contribution >= 0.6 is 0 Å². The minimum absolute atomic E-state index is 0.194. The van der Waals surface area contributed by atoms with Gasteiger partial charge in [0.05, 0.1) is 0 Å². The Balaban J connectivity index is 2.35. The number of rotatable bonds is 5. The molecule has 0 aliphatic carbocycles. The molecule has 100 valence electrons. The van der Waals surface area contributed by atoms with Gasteiger partial charge in [-0.3, -0.25) is 9.69 Å². The summed E-state index contributed by atoms with van der Waals surface area (Å²) >= 11 is 0. The summed E-state index contributed by atoms with van der Waals surface area (Å²) in [6.07, 6.45) is 0. The van der Waals surface area contributed by atoms with Crippen LogP contribution in [0.25, 0.3) is 0 Å². The zero-order valence-corrected chi connectivity index (χ0v) is 12.1. The number of Topliss-reactive ketones (excluding diaryl/α,β-unsaturated/α-hetero) is 1. The van der Waals surface area contributed by atoms with E-state index in [2.05, 4.69) is 37.5 Å². The van der Waals surface area contributed by atoms with Gasteiger partial charge in [0.15, 0.2) is 0 Å². The van der Waals surface area contributed by atoms with Crippen LogP contribution in [0.1, 0.15) is 34.6 Å². The third-order valence-corrected chi connectivity index (χ3v) is 3.66. The summed E-state index contributed by atoms with van der Waals surface area (Å²) in [6.45, 7) is 16.9. The average molecular weight is 240 g/mol. The molecule has 0 radical (unpaired) electrons. The fraction of sp³-hybridized carbons (Fsp3) is 0.929. The lowest BCUT2D eigenvalue weighted by Gasteiger charge is -2.38. The average Bonchev–Trinajstić information content (AvgIpc) is 2.19. The van der Waals surface area contributed by atoms with Crippen molar-refractivity contribution in [3.63, 3.8) is 0 Å². The molecular formula is C14H28N2O. The van der Waals surface area contributed by atoms with Crippen molar-refractivity contribution < 1.29 is 4.79 Å². The van der Waals surface area contributed by atoms with E-state index in [0.717, 1.165) is 38.6 Å². The van der Waals surface area contributed by atoms with Crippen LogP contribution in [0.3, 0.4) is 0 Å². The topological polar surface area (TPSA) is 23.6 Å². The van der Waals surface area contributed by atoms with Crippen LogP contribution in [0, 0.1) is 11.3 Å². The monoisotopic (exact) mass is 240 g/mol. The van der Waals surface area contributed by atoms with Crippen molar-refractivity contribution in [2.45, 2.75) is 34.6 Å². The molecule has 1 fully saturated rings. The van der Waals surface area contributed by atoms with E-state index in [1.54, 1.807) is 6.92 Å². The molecule has 3 heteroatoms. The van der Waals surface area contributed by atoms with Crippen LogP contribution in [-0.2, 0) is 4.79 Å². The second-order valence-electron chi connectivity index (χ2n) is 6.41. The van der Waals surface area contributed by atoms with Crippen LogP contribution in [0.2, 0.25) is 0 Å². The summed E-state index contributed by atoms with van der Waals surface area (Å²) in [6, 6.07) is 0. The standard InChI is InChI=1S/C14H28N2O/c1-12(2)10-15-6-8-16(9-7-15)11-14(4,5)13(3)17/h12H,6-11H2,1-5H3. The number of ketones is 1. The third kappa shape index (κ3) is 4.76. The van der Waals surface area contributed by atoms with Gasteiger partial charge in [-0.05, 0) is 12.8 Å². The molecule has 0 atom stereocenters. The number of carbonyl (C=O) groups excluding carboxylic acids is 1. The zero-order chi connectivity index (χ0) is 13.1. The van der Waals surface area contributed by atoms with Gasteiger partial charge < -0.3 is 4.90 Å². The third-order valence-electron chi connectivity index (χ3n) is 3.66. The zero-order valence-electron chi connectivity index (χ0n) is 12.1. The maximum absolute atomic E-state index is 11.5. The normalized spacial score (nSPS) is 19.9. The molecule has 0 amide bonds. The smallest absolute Gasteiger partial charge is 0.136 e. The van der Waals surface area contributed by atoms with Gasteiger partial charge in [0.2, 0.25) is 0 Å². The van der Waals surface area contributed by atoms with Crippen molar-refractivity contribution in [1.82, 2.24) is 9.80 Å². The summed E-state index contributed by atoms with van der Waals surface area (Å²) in [5.41, 5.74) is -0.194. The van der Waals surface area contributed by atoms with E-state index in [9.17, 15) is 4.79 Å². The molecule has 0 bridgehead atoms. The first-order chi connectivity index (χ1) is 7.81. The van der Waals surface area contributed by atoms with Crippen molar-refractivity contribution in [3.05, 3.63) is 0 Å². The van der Waals surface area contributed by atoms with Crippen molar-refractivity contribution in [2.24, 2.45) is 11.3 Å². The van der Waals surface area contributed by atoms with Gasteiger partial charge in [-0.2, -0.15) is 0 Å². The fourth-order valence-corrected chi connectivity index (χ4v) is 2.32. The van der Waals surface area contributed by atoms with E-state index in [1.165, 1.54) is 6.54 Å². The molecule has 0 aromatic carbocycles. The predicted octanol–water partition coefficient (Wildman–Crippen LogP) is 1.88. The number of nitrogens with zero attached hydrogens (tertiary/aromatic N) is 2. The minimum Gasteiger partial charge on any atom is -0.301 e. The Morgan fingerprint density at radius 3 is 2.00 bits per heavy atom. The van der Waals surface area contributed by atoms with E-state index in [0.29, 0.717) is 5.78 Å². The van der Waals surface area contributed by atoms with Gasteiger partial charge in [0.1, 0.15) is 5.78 Å². The molecule has 1 heterocycles. The molecular weight excluding hydrogens is 212 g/mol. The Hall–Kier alpha value is -0.410. The fourth-order valence-electron chi connectivity index (χ4n) is 2.32. The SMILES string of the molecule is CC(=O)C(C)(C)CN1CCN(CC(C)C)CC1. The molecule has 1 saturated heterocycles. The van der Waals surface area contributed by atoms with Crippen molar-refractivity contribution in [2.75, 3.05) is 39.3 Å². The van der Waals surface area contributed by atoms with E-state index in [4.69, 9.17) is 0 Å². The highest BCUT2D eigenvalue weighted by Gasteiger charge is 2.28. The van der Waals surface area contributed by atoms with E-state index in [1.807, 2.05) is 0 Å². The molecule has 0 aromatic rings. The predicted molar refractivity (Wildman–Crippen MR) is 72.2 cm³/mol. The van der Waals surface area contributed by atoms with E-state index >= 15 is 0 Å². The Morgan fingerprint density at radius 1 is 1.12 bits per heavy atom. The summed E-state index contributed by atoms with van der Waals surface area (Å²) in [5.74, 6) is 1.04. The van der Waals surface area contributed by atoms with Crippen LogP contribution in [-0.4, -0.2) is 54.9 Å². The molecule has 0 unspecified atom stereocenters. The van der Waals surface area contributed by atoms with E-state index < -0.39 is 0 Å². The molecule has 17 heavy (non-hydrogen) atoms. The molecule has 0 aromatic heterocycles. The van der Waals surface area contributed by atoms with Gasteiger partial charge >= 0.3 is 0 Å². The van der Waals surface area contributed by atoms with Crippen LogP contribution in [0.4, 0.5) is 0 Å². The second kappa shape index (κ2) is 5.96.